The number of ether oxygens (including phenoxy) is 1. The Balaban J connectivity index is 0.00000180. The summed E-state index contributed by atoms with van der Waals surface area (Å²) >= 11 is 1.53. The van der Waals surface area contributed by atoms with Crippen molar-refractivity contribution in [2.75, 3.05) is 32.5 Å². The van der Waals surface area contributed by atoms with Crippen LogP contribution in [0.15, 0.2) is 29.2 Å². The van der Waals surface area contributed by atoms with Crippen LogP contribution in [0.2, 0.25) is 0 Å². The molecule has 1 aromatic carbocycles. The summed E-state index contributed by atoms with van der Waals surface area (Å²) in [5, 5.41) is 6.14. The minimum Gasteiger partial charge on any atom is -0.497 e. The van der Waals surface area contributed by atoms with Gasteiger partial charge in [-0.05, 0) is 18.2 Å². The zero-order chi connectivity index (χ0) is 12.8. The van der Waals surface area contributed by atoms with Crippen molar-refractivity contribution in [2.24, 2.45) is 5.92 Å². The first-order valence-electron chi connectivity index (χ1n) is 6.02. The van der Waals surface area contributed by atoms with Gasteiger partial charge in [0.1, 0.15) is 5.75 Å². The van der Waals surface area contributed by atoms with Crippen molar-refractivity contribution in [1.29, 1.82) is 0 Å². The molecule has 0 radical (unpaired) electrons. The van der Waals surface area contributed by atoms with Crippen LogP contribution in [0.25, 0.3) is 0 Å². The van der Waals surface area contributed by atoms with Crippen LogP contribution in [-0.4, -0.2) is 38.4 Å². The van der Waals surface area contributed by atoms with E-state index in [0.717, 1.165) is 30.3 Å². The van der Waals surface area contributed by atoms with E-state index in [-0.39, 0.29) is 18.3 Å². The summed E-state index contributed by atoms with van der Waals surface area (Å²) in [6.07, 6.45) is 0. The number of halogens is 1. The second kappa shape index (κ2) is 8.30. The molecule has 1 aliphatic rings. The second-order valence-corrected chi connectivity index (χ2v) is 5.34. The first-order valence-corrected chi connectivity index (χ1v) is 7.01. The summed E-state index contributed by atoms with van der Waals surface area (Å²) < 4.78 is 5.14. The van der Waals surface area contributed by atoms with Gasteiger partial charge in [0.2, 0.25) is 5.91 Å². The van der Waals surface area contributed by atoms with Crippen LogP contribution in [0, 0.1) is 5.92 Å². The van der Waals surface area contributed by atoms with Gasteiger partial charge in [-0.1, -0.05) is 6.07 Å². The number of rotatable bonds is 6. The molecule has 0 aliphatic carbocycles. The van der Waals surface area contributed by atoms with Crippen LogP contribution in [-0.2, 0) is 4.79 Å². The van der Waals surface area contributed by atoms with Crippen molar-refractivity contribution in [3.05, 3.63) is 24.3 Å². The van der Waals surface area contributed by atoms with Gasteiger partial charge in [-0.25, -0.2) is 0 Å². The molecule has 19 heavy (non-hydrogen) atoms. The van der Waals surface area contributed by atoms with Gasteiger partial charge < -0.3 is 15.4 Å². The Morgan fingerprint density at radius 3 is 2.95 bits per heavy atom. The smallest absolute Gasteiger partial charge is 0.230 e. The van der Waals surface area contributed by atoms with Crippen LogP contribution in [0.4, 0.5) is 0 Å². The van der Waals surface area contributed by atoms with Gasteiger partial charge in [0.15, 0.2) is 0 Å². The molecule has 0 atom stereocenters. The Morgan fingerprint density at radius 1 is 1.53 bits per heavy atom. The summed E-state index contributed by atoms with van der Waals surface area (Å²) in [6, 6.07) is 7.75. The fraction of sp³-hybridized carbons (Fsp3) is 0.462. The normalized spacial score (nSPS) is 14.2. The molecule has 0 unspecified atom stereocenters. The molecule has 0 bridgehead atoms. The molecule has 2 rings (SSSR count). The molecule has 1 aliphatic heterocycles. The molecular weight excluding hydrogens is 284 g/mol. The number of amides is 1. The third-order valence-corrected chi connectivity index (χ3v) is 3.86. The first-order chi connectivity index (χ1) is 8.78. The van der Waals surface area contributed by atoms with E-state index in [1.54, 1.807) is 7.11 Å². The van der Waals surface area contributed by atoms with Crippen molar-refractivity contribution in [3.63, 3.8) is 0 Å². The van der Waals surface area contributed by atoms with Gasteiger partial charge in [-0.3, -0.25) is 4.79 Å². The SMILES string of the molecule is COc1cccc(SCC(=O)NCC2CNC2)c1.Cl. The van der Waals surface area contributed by atoms with Crippen LogP contribution in [0.1, 0.15) is 0 Å². The molecule has 1 aromatic rings. The summed E-state index contributed by atoms with van der Waals surface area (Å²) in [4.78, 5) is 12.7. The zero-order valence-electron chi connectivity index (χ0n) is 10.8. The number of hydrogen-bond donors (Lipinski definition) is 2. The Kier molecular flexibility index (Phi) is 7.05. The lowest BCUT2D eigenvalue weighted by Gasteiger charge is -2.27. The molecule has 0 aromatic heterocycles. The molecule has 1 saturated heterocycles. The van der Waals surface area contributed by atoms with E-state index >= 15 is 0 Å². The molecule has 1 heterocycles. The predicted octanol–water partition coefficient (Wildman–Crippen LogP) is 1.54. The fourth-order valence-corrected chi connectivity index (χ4v) is 2.42. The third-order valence-electron chi connectivity index (χ3n) is 2.87. The summed E-state index contributed by atoms with van der Waals surface area (Å²) in [5.74, 6) is 1.97. The lowest BCUT2D eigenvalue weighted by atomic mass is 10.0. The quantitative estimate of drug-likeness (QED) is 0.783. The van der Waals surface area contributed by atoms with Crippen LogP contribution in [0.3, 0.4) is 0 Å². The number of nitrogens with one attached hydrogen (secondary N) is 2. The minimum absolute atomic E-state index is 0. The molecule has 6 heteroatoms. The zero-order valence-corrected chi connectivity index (χ0v) is 12.5. The third kappa shape index (κ3) is 5.30. The van der Waals surface area contributed by atoms with Gasteiger partial charge in [0.05, 0.1) is 12.9 Å². The number of thioether (sulfide) groups is 1. The van der Waals surface area contributed by atoms with Gasteiger partial charge >= 0.3 is 0 Å². The minimum atomic E-state index is 0. The molecule has 2 N–H and O–H groups in total. The average Bonchev–Trinajstić information content (AvgIpc) is 2.35. The summed E-state index contributed by atoms with van der Waals surface area (Å²) in [5.41, 5.74) is 0. The topological polar surface area (TPSA) is 50.4 Å². The van der Waals surface area contributed by atoms with Crippen LogP contribution in [0.5, 0.6) is 5.75 Å². The van der Waals surface area contributed by atoms with Crippen LogP contribution >= 0.6 is 24.2 Å². The van der Waals surface area contributed by atoms with E-state index in [1.807, 2.05) is 24.3 Å². The number of benzene rings is 1. The predicted molar refractivity (Wildman–Crippen MR) is 80.3 cm³/mol. The Labute approximate surface area is 124 Å². The molecule has 106 valence electrons. The van der Waals surface area contributed by atoms with E-state index in [0.29, 0.717) is 11.7 Å². The highest BCUT2D eigenvalue weighted by atomic mass is 35.5. The Morgan fingerprint density at radius 2 is 2.32 bits per heavy atom. The highest BCUT2D eigenvalue weighted by Crippen LogP contribution is 2.22. The van der Waals surface area contributed by atoms with E-state index in [2.05, 4.69) is 10.6 Å². The van der Waals surface area contributed by atoms with Gasteiger partial charge in [0.25, 0.3) is 0 Å². The molecule has 0 saturated carbocycles. The lowest BCUT2D eigenvalue weighted by molar-refractivity contribution is -0.118. The summed E-state index contributed by atoms with van der Waals surface area (Å²) in [7, 11) is 1.64. The van der Waals surface area contributed by atoms with Gasteiger partial charge in [-0.2, -0.15) is 0 Å². The first kappa shape index (κ1) is 16.1. The molecule has 1 fully saturated rings. The summed E-state index contributed by atoms with van der Waals surface area (Å²) in [6.45, 7) is 2.82. The largest absolute Gasteiger partial charge is 0.497 e. The lowest BCUT2D eigenvalue weighted by Crippen LogP contribution is -2.48. The highest BCUT2D eigenvalue weighted by Gasteiger charge is 2.16. The number of methoxy groups -OCH3 is 1. The fourth-order valence-electron chi connectivity index (χ4n) is 1.64. The number of hydrogen-bond acceptors (Lipinski definition) is 4. The number of carbonyl (C=O) groups is 1. The van der Waals surface area contributed by atoms with Crippen molar-refractivity contribution in [1.82, 2.24) is 10.6 Å². The van der Waals surface area contributed by atoms with Gasteiger partial charge in [0, 0.05) is 30.4 Å². The van der Waals surface area contributed by atoms with Crippen molar-refractivity contribution in [2.45, 2.75) is 4.90 Å². The molecule has 0 spiro atoms. The highest BCUT2D eigenvalue weighted by molar-refractivity contribution is 8.00. The average molecular weight is 303 g/mol. The van der Waals surface area contributed by atoms with E-state index < -0.39 is 0 Å². The van der Waals surface area contributed by atoms with Crippen LogP contribution < -0.4 is 15.4 Å². The van der Waals surface area contributed by atoms with E-state index in [1.165, 1.54) is 11.8 Å². The second-order valence-electron chi connectivity index (χ2n) is 4.30. The van der Waals surface area contributed by atoms with Gasteiger partial charge in [-0.15, -0.1) is 24.2 Å². The maximum absolute atomic E-state index is 11.6. The van der Waals surface area contributed by atoms with E-state index in [9.17, 15) is 4.79 Å². The maximum Gasteiger partial charge on any atom is 0.230 e. The Bertz CT molecular complexity index is 413. The van der Waals surface area contributed by atoms with Crippen molar-refractivity contribution >= 4 is 30.1 Å². The van der Waals surface area contributed by atoms with E-state index in [4.69, 9.17) is 4.74 Å². The monoisotopic (exact) mass is 302 g/mol. The maximum atomic E-state index is 11.6. The Hall–Kier alpha value is -0.910. The number of carbonyl (C=O) groups excluding carboxylic acids is 1. The van der Waals surface area contributed by atoms with Crippen molar-refractivity contribution < 1.29 is 9.53 Å². The molecule has 4 nitrogen and oxygen atoms in total. The van der Waals surface area contributed by atoms with Crippen molar-refractivity contribution in [3.8, 4) is 5.75 Å². The standard InChI is InChI=1S/C13H18N2O2S.ClH/c1-17-11-3-2-4-12(5-11)18-9-13(16)15-8-10-6-14-7-10;/h2-5,10,14H,6-9H2,1H3,(H,15,16);1H. The molecular formula is C13H19ClN2O2S. The molecule has 1 amide bonds.